The molecule has 0 unspecified atom stereocenters. The molecule has 1 N–H and O–H groups in total. The van der Waals surface area contributed by atoms with Crippen molar-refractivity contribution in [3.05, 3.63) is 114 Å². The fourth-order valence-corrected chi connectivity index (χ4v) is 5.27. The molecule has 4 aromatic carbocycles. The van der Waals surface area contributed by atoms with E-state index in [-0.39, 0.29) is 5.91 Å². The van der Waals surface area contributed by atoms with E-state index < -0.39 is 11.7 Å². The van der Waals surface area contributed by atoms with Crippen LogP contribution in [0.2, 0.25) is 0 Å². The van der Waals surface area contributed by atoms with Crippen LogP contribution in [0, 0.1) is 0 Å². The van der Waals surface area contributed by atoms with Gasteiger partial charge >= 0.3 is 6.18 Å². The van der Waals surface area contributed by atoms with Crippen LogP contribution in [0.15, 0.2) is 102 Å². The largest absolute Gasteiger partial charge is 0.416 e. The highest BCUT2D eigenvalue weighted by Crippen LogP contribution is 2.34. The molecule has 1 heterocycles. The second-order valence-corrected chi connectivity index (χ2v) is 9.53. The van der Waals surface area contributed by atoms with Crippen LogP contribution < -0.4 is 5.32 Å². The highest BCUT2D eigenvalue weighted by Gasteiger charge is 2.30. The number of thioether (sulfide) groups is 1. The molecule has 0 atom stereocenters. The van der Waals surface area contributed by atoms with Gasteiger partial charge in [-0.15, -0.1) is 11.8 Å². The molecule has 7 heteroatoms. The minimum Gasteiger partial charge on any atom is -0.350 e. The van der Waals surface area contributed by atoms with Crippen molar-refractivity contribution in [1.29, 1.82) is 0 Å². The average Bonchev–Trinajstić information content (AvgIpc) is 3.24. The van der Waals surface area contributed by atoms with Crippen molar-refractivity contribution in [3.63, 3.8) is 0 Å². The number of carbonyl (C=O) groups excluding carboxylic acids is 1. The highest BCUT2D eigenvalue weighted by atomic mass is 32.2. The number of halogens is 3. The zero-order valence-electron chi connectivity index (χ0n) is 19.3. The number of nitrogens with zero attached hydrogens (tertiary/aromatic N) is 1. The minimum absolute atomic E-state index is 0.128. The molecule has 1 amide bonds. The molecule has 0 aliphatic heterocycles. The van der Waals surface area contributed by atoms with Gasteiger partial charge in [-0.25, -0.2) is 0 Å². The zero-order chi connectivity index (χ0) is 25.1. The van der Waals surface area contributed by atoms with E-state index in [1.54, 1.807) is 6.07 Å². The number of alkyl halides is 3. The number of aromatic nitrogens is 1. The van der Waals surface area contributed by atoms with Crippen LogP contribution in [0.5, 0.6) is 0 Å². The number of para-hydroxylation sites is 1. The maximum absolute atomic E-state index is 13.1. The Morgan fingerprint density at radius 3 is 2.47 bits per heavy atom. The Bertz CT molecular complexity index is 1540. The number of carbonyl (C=O) groups is 1. The molecule has 0 aliphatic carbocycles. The Balaban J connectivity index is 1.27. The number of rotatable bonds is 7. The lowest BCUT2D eigenvalue weighted by molar-refractivity contribution is -0.137. The first-order valence-corrected chi connectivity index (χ1v) is 12.5. The summed E-state index contributed by atoms with van der Waals surface area (Å²) in [5.41, 5.74) is 1.62. The van der Waals surface area contributed by atoms with Crippen LogP contribution in [-0.2, 0) is 18.5 Å². The third-order valence-electron chi connectivity index (χ3n) is 6.05. The quantitative estimate of drug-likeness (QED) is 0.232. The summed E-state index contributed by atoms with van der Waals surface area (Å²) >= 11 is 1.51. The van der Waals surface area contributed by atoms with Gasteiger partial charge in [0.25, 0.3) is 5.91 Å². The van der Waals surface area contributed by atoms with Crippen molar-refractivity contribution in [2.75, 3.05) is 6.54 Å². The monoisotopic (exact) mass is 504 g/mol. The topological polar surface area (TPSA) is 34.0 Å². The van der Waals surface area contributed by atoms with Gasteiger partial charge in [0.05, 0.1) is 5.56 Å². The zero-order valence-corrected chi connectivity index (χ0v) is 20.1. The van der Waals surface area contributed by atoms with Crippen LogP contribution in [-0.4, -0.2) is 17.0 Å². The molecule has 0 bridgehead atoms. The molecule has 0 aliphatic rings. The smallest absolute Gasteiger partial charge is 0.350 e. The fourth-order valence-electron chi connectivity index (χ4n) is 4.23. The summed E-state index contributed by atoms with van der Waals surface area (Å²) in [4.78, 5) is 13.7. The van der Waals surface area contributed by atoms with Gasteiger partial charge in [-0.1, -0.05) is 66.7 Å². The average molecular weight is 505 g/mol. The Kier molecular flexibility index (Phi) is 6.74. The summed E-state index contributed by atoms with van der Waals surface area (Å²) in [5.74, 6) is 0.299. The van der Waals surface area contributed by atoms with Crippen LogP contribution in [0.4, 0.5) is 13.2 Å². The number of fused-ring (bicyclic) bond motifs is 2. The summed E-state index contributed by atoms with van der Waals surface area (Å²) in [7, 11) is 0. The van der Waals surface area contributed by atoms with Gasteiger partial charge in [-0.2, -0.15) is 13.2 Å². The van der Waals surface area contributed by atoms with Crippen LogP contribution in [0.3, 0.4) is 0 Å². The molecular weight excluding hydrogens is 481 g/mol. The molecule has 3 nitrogen and oxygen atoms in total. The summed E-state index contributed by atoms with van der Waals surface area (Å²) in [6.45, 7) is 1.02. The lowest BCUT2D eigenvalue weighted by atomic mass is 10.1. The summed E-state index contributed by atoms with van der Waals surface area (Å²) in [5, 5.41) is 6.13. The number of hydrogen-bond acceptors (Lipinski definition) is 2. The van der Waals surface area contributed by atoms with Crippen LogP contribution in [0.1, 0.15) is 21.5 Å². The molecule has 5 aromatic rings. The molecule has 0 fully saturated rings. The Labute approximate surface area is 210 Å². The number of hydrogen-bond donors (Lipinski definition) is 1. The Morgan fingerprint density at radius 2 is 1.64 bits per heavy atom. The van der Waals surface area contributed by atoms with E-state index in [1.807, 2.05) is 72.9 Å². The molecule has 182 valence electrons. The normalized spacial score (nSPS) is 11.8. The first kappa shape index (κ1) is 24.0. The molecule has 0 spiro atoms. The summed E-state index contributed by atoms with van der Waals surface area (Å²) in [6.07, 6.45) is -2.35. The van der Waals surface area contributed by atoms with Gasteiger partial charge in [-0.3, -0.25) is 4.79 Å². The molecule has 1 aromatic heterocycles. The molecule has 36 heavy (non-hydrogen) atoms. The maximum Gasteiger partial charge on any atom is 0.416 e. The number of amides is 1. The molecule has 5 rings (SSSR count). The van der Waals surface area contributed by atoms with Crippen molar-refractivity contribution >= 4 is 39.3 Å². The SMILES string of the molecule is O=C(NCCn1cc(SCc2cccc(C(F)(F)F)c2)c2ccccc21)c1ccc2ccccc2c1. The second-order valence-electron chi connectivity index (χ2n) is 8.51. The standard InChI is InChI=1S/C29H23F3N2OS/c30-29(31,32)24-9-5-6-20(16-24)19-36-27-18-34(26-11-4-3-10-25(26)27)15-14-33-28(35)23-13-12-21-7-1-2-8-22(21)17-23/h1-13,16-18H,14-15,19H2,(H,33,35). The van der Waals surface area contributed by atoms with Gasteiger partial charge in [0.2, 0.25) is 0 Å². The molecular formula is C29H23F3N2OS. The molecule has 0 saturated heterocycles. The van der Waals surface area contributed by atoms with Crippen molar-refractivity contribution in [2.45, 2.75) is 23.4 Å². The third-order valence-corrected chi connectivity index (χ3v) is 7.16. The molecule has 0 radical (unpaired) electrons. The number of benzene rings is 4. The predicted molar refractivity (Wildman–Crippen MR) is 139 cm³/mol. The van der Waals surface area contributed by atoms with E-state index in [9.17, 15) is 18.0 Å². The summed E-state index contributed by atoms with van der Waals surface area (Å²) in [6, 6.07) is 26.9. The van der Waals surface area contributed by atoms with Crippen molar-refractivity contribution in [2.24, 2.45) is 0 Å². The third kappa shape index (κ3) is 5.26. The maximum atomic E-state index is 13.1. The van der Waals surface area contributed by atoms with Gasteiger partial charge in [0.15, 0.2) is 0 Å². The first-order chi connectivity index (χ1) is 17.4. The fraction of sp³-hybridized carbons (Fsp3) is 0.138. The Hall–Kier alpha value is -3.71. The van der Waals surface area contributed by atoms with E-state index in [1.165, 1.54) is 23.9 Å². The van der Waals surface area contributed by atoms with E-state index in [0.29, 0.717) is 30.0 Å². The van der Waals surface area contributed by atoms with Crippen LogP contribution in [0.25, 0.3) is 21.7 Å². The molecule has 0 saturated carbocycles. The summed E-state index contributed by atoms with van der Waals surface area (Å²) < 4.78 is 41.2. The van der Waals surface area contributed by atoms with E-state index in [4.69, 9.17) is 0 Å². The lowest BCUT2D eigenvalue weighted by Crippen LogP contribution is -2.27. The van der Waals surface area contributed by atoms with E-state index in [2.05, 4.69) is 9.88 Å². The number of nitrogens with one attached hydrogen (secondary N) is 1. The minimum atomic E-state index is -4.35. The van der Waals surface area contributed by atoms with Gasteiger partial charge < -0.3 is 9.88 Å². The van der Waals surface area contributed by atoms with Gasteiger partial charge in [0, 0.05) is 46.4 Å². The van der Waals surface area contributed by atoms with Gasteiger partial charge in [-0.05, 0) is 40.6 Å². The van der Waals surface area contributed by atoms with Crippen molar-refractivity contribution < 1.29 is 18.0 Å². The van der Waals surface area contributed by atoms with Crippen LogP contribution >= 0.6 is 11.8 Å². The van der Waals surface area contributed by atoms with E-state index >= 15 is 0 Å². The highest BCUT2D eigenvalue weighted by molar-refractivity contribution is 7.98. The predicted octanol–water partition coefficient (Wildman–Crippen LogP) is 7.54. The second kappa shape index (κ2) is 10.1. The van der Waals surface area contributed by atoms with Gasteiger partial charge in [0.1, 0.15) is 0 Å². The van der Waals surface area contributed by atoms with Crippen molar-refractivity contribution in [1.82, 2.24) is 9.88 Å². The van der Waals surface area contributed by atoms with E-state index in [0.717, 1.165) is 32.6 Å². The first-order valence-electron chi connectivity index (χ1n) is 11.5. The van der Waals surface area contributed by atoms with Crippen molar-refractivity contribution in [3.8, 4) is 0 Å². The lowest BCUT2D eigenvalue weighted by Gasteiger charge is -2.08. The Morgan fingerprint density at radius 1 is 0.861 bits per heavy atom.